The van der Waals surface area contributed by atoms with Gasteiger partial charge in [0, 0.05) is 18.7 Å². The summed E-state index contributed by atoms with van der Waals surface area (Å²) in [6, 6.07) is 4.26. The topological polar surface area (TPSA) is 63.8 Å². The first-order chi connectivity index (χ1) is 8.72. The molecule has 2 rings (SSSR count). The lowest BCUT2D eigenvalue weighted by molar-refractivity contribution is 0.359. The van der Waals surface area contributed by atoms with Crippen molar-refractivity contribution in [2.75, 3.05) is 7.05 Å². The second-order valence-electron chi connectivity index (χ2n) is 4.33. The van der Waals surface area contributed by atoms with Crippen molar-refractivity contribution in [2.24, 2.45) is 0 Å². The maximum Gasteiger partial charge on any atom is 0.228 e. The van der Waals surface area contributed by atoms with Gasteiger partial charge in [0.2, 0.25) is 11.7 Å². The molecule has 0 amide bonds. The molecule has 1 unspecified atom stereocenters. The molecule has 0 spiro atoms. The average Bonchev–Trinajstić information content (AvgIpc) is 2.84. The lowest BCUT2D eigenvalue weighted by Crippen LogP contribution is -2.26. The van der Waals surface area contributed by atoms with Gasteiger partial charge in [-0.15, -0.1) is 0 Å². The number of hydrogen-bond acceptors (Lipinski definition) is 5. The lowest BCUT2D eigenvalue weighted by Gasteiger charge is -2.09. The van der Waals surface area contributed by atoms with Gasteiger partial charge in [0.15, 0.2) is 0 Å². The van der Waals surface area contributed by atoms with Gasteiger partial charge in [-0.25, -0.2) is 0 Å². The smallest absolute Gasteiger partial charge is 0.228 e. The van der Waals surface area contributed by atoms with Gasteiger partial charge in [-0.1, -0.05) is 12.1 Å². The van der Waals surface area contributed by atoms with Crippen LogP contribution < -0.4 is 5.32 Å². The third-order valence-corrected chi connectivity index (χ3v) is 2.93. The maximum absolute atomic E-state index is 5.25. The third-order valence-electron chi connectivity index (χ3n) is 2.93. The van der Waals surface area contributed by atoms with Crippen molar-refractivity contribution >= 4 is 0 Å². The van der Waals surface area contributed by atoms with Crippen molar-refractivity contribution in [2.45, 2.75) is 32.7 Å². The standard InChI is InChI=1S/C13H18N4O/c1-4-10(14-3)8-12-16-13(17-18-12)11-7-9(2)5-6-15-11/h5-7,10,14H,4,8H2,1-3H3. The van der Waals surface area contributed by atoms with Crippen LogP contribution in [0.4, 0.5) is 0 Å². The highest BCUT2D eigenvalue weighted by molar-refractivity contribution is 5.48. The summed E-state index contributed by atoms with van der Waals surface area (Å²) < 4.78 is 5.25. The number of likely N-dealkylation sites (N-methyl/N-ethyl adjacent to an activating group) is 1. The zero-order valence-corrected chi connectivity index (χ0v) is 11.0. The first kappa shape index (κ1) is 12.7. The molecule has 0 aliphatic carbocycles. The van der Waals surface area contributed by atoms with Gasteiger partial charge in [0.05, 0.1) is 0 Å². The predicted octanol–water partition coefficient (Wildman–Crippen LogP) is 1.98. The Hall–Kier alpha value is -1.75. The molecule has 0 aromatic carbocycles. The summed E-state index contributed by atoms with van der Waals surface area (Å²) in [5, 5.41) is 7.19. The van der Waals surface area contributed by atoms with Crippen LogP contribution in [-0.4, -0.2) is 28.2 Å². The number of pyridine rings is 1. The van der Waals surface area contributed by atoms with Crippen LogP contribution in [0.3, 0.4) is 0 Å². The molecule has 5 heteroatoms. The minimum Gasteiger partial charge on any atom is -0.339 e. The van der Waals surface area contributed by atoms with Gasteiger partial charge >= 0.3 is 0 Å². The van der Waals surface area contributed by atoms with Crippen LogP contribution in [-0.2, 0) is 6.42 Å². The molecule has 1 atom stereocenters. The largest absolute Gasteiger partial charge is 0.339 e. The lowest BCUT2D eigenvalue weighted by atomic mass is 10.1. The van der Waals surface area contributed by atoms with E-state index < -0.39 is 0 Å². The molecular weight excluding hydrogens is 228 g/mol. The molecular formula is C13H18N4O. The summed E-state index contributed by atoms with van der Waals surface area (Å²) in [6.07, 6.45) is 3.52. The van der Waals surface area contributed by atoms with Crippen molar-refractivity contribution in [3.05, 3.63) is 29.8 Å². The van der Waals surface area contributed by atoms with E-state index in [1.54, 1.807) is 6.20 Å². The summed E-state index contributed by atoms with van der Waals surface area (Å²) in [7, 11) is 1.94. The first-order valence-electron chi connectivity index (χ1n) is 6.15. The Bertz CT molecular complexity index is 505. The van der Waals surface area contributed by atoms with Gasteiger partial charge in [-0.05, 0) is 38.1 Å². The van der Waals surface area contributed by atoms with Crippen LogP contribution >= 0.6 is 0 Å². The number of aryl methyl sites for hydroxylation is 1. The molecule has 0 aliphatic rings. The van der Waals surface area contributed by atoms with Crippen molar-refractivity contribution in [3.63, 3.8) is 0 Å². The van der Waals surface area contributed by atoms with Gasteiger partial charge in [-0.2, -0.15) is 4.98 Å². The monoisotopic (exact) mass is 246 g/mol. The van der Waals surface area contributed by atoms with Crippen molar-refractivity contribution in [1.82, 2.24) is 20.4 Å². The van der Waals surface area contributed by atoms with Crippen molar-refractivity contribution in [3.8, 4) is 11.5 Å². The number of hydrogen-bond donors (Lipinski definition) is 1. The normalized spacial score (nSPS) is 12.6. The molecule has 0 saturated carbocycles. The molecule has 96 valence electrons. The predicted molar refractivity (Wildman–Crippen MR) is 69.1 cm³/mol. The Labute approximate surface area is 107 Å². The fraction of sp³-hybridized carbons (Fsp3) is 0.462. The van der Waals surface area contributed by atoms with E-state index in [0.717, 1.165) is 24.1 Å². The Morgan fingerprint density at radius 2 is 2.28 bits per heavy atom. The Kier molecular flexibility index (Phi) is 4.04. The average molecular weight is 246 g/mol. The molecule has 2 aromatic heterocycles. The summed E-state index contributed by atoms with van der Waals surface area (Å²) in [4.78, 5) is 8.62. The molecule has 5 nitrogen and oxygen atoms in total. The summed E-state index contributed by atoms with van der Waals surface area (Å²) in [5.41, 5.74) is 1.88. The van der Waals surface area contributed by atoms with Crippen molar-refractivity contribution in [1.29, 1.82) is 0 Å². The molecule has 0 aliphatic heterocycles. The van der Waals surface area contributed by atoms with E-state index in [9.17, 15) is 0 Å². The minimum absolute atomic E-state index is 0.365. The SMILES string of the molecule is CCC(Cc1nc(-c2cc(C)ccn2)no1)NC. The fourth-order valence-electron chi connectivity index (χ4n) is 1.76. The van der Waals surface area contributed by atoms with Crippen LogP contribution in [0.15, 0.2) is 22.9 Å². The summed E-state index contributed by atoms with van der Waals surface area (Å²) in [6.45, 7) is 4.14. The van der Waals surface area contributed by atoms with E-state index in [2.05, 4.69) is 27.4 Å². The number of nitrogens with one attached hydrogen (secondary N) is 1. The molecule has 0 bridgehead atoms. The highest BCUT2D eigenvalue weighted by atomic mass is 16.5. The molecule has 0 radical (unpaired) electrons. The van der Waals surface area contributed by atoms with E-state index in [-0.39, 0.29) is 0 Å². The van der Waals surface area contributed by atoms with Gasteiger partial charge in [0.1, 0.15) is 5.69 Å². The summed E-state index contributed by atoms with van der Waals surface area (Å²) in [5.74, 6) is 1.20. The molecule has 2 aromatic rings. The van der Waals surface area contributed by atoms with E-state index in [1.807, 2.05) is 26.1 Å². The van der Waals surface area contributed by atoms with Crippen molar-refractivity contribution < 1.29 is 4.52 Å². The van der Waals surface area contributed by atoms with Crippen LogP contribution in [0.1, 0.15) is 24.8 Å². The van der Waals surface area contributed by atoms with Gasteiger partial charge in [-0.3, -0.25) is 4.98 Å². The van der Waals surface area contributed by atoms with Gasteiger partial charge < -0.3 is 9.84 Å². The highest BCUT2D eigenvalue weighted by Gasteiger charge is 2.13. The first-order valence-corrected chi connectivity index (χ1v) is 6.15. The quantitative estimate of drug-likeness (QED) is 0.874. The highest BCUT2D eigenvalue weighted by Crippen LogP contribution is 2.14. The molecule has 18 heavy (non-hydrogen) atoms. The second-order valence-corrected chi connectivity index (χ2v) is 4.33. The van der Waals surface area contributed by atoms with Crippen LogP contribution in [0, 0.1) is 6.92 Å². The number of nitrogens with zero attached hydrogens (tertiary/aromatic N) is 3. The van der Waals surface area contributed by atoms with E-state index in [4.69, 9.17) is 4.52 Å². The molecule has 2 heterocycles. The van der Waals surface area contributed by atoms with E-state index >= 15 is 0 Å². The van der Waals surface area contributed by atoms with Crippen LogP contribution in [0.5, 0.6) is 0 Å². The van der Waals surface area contributed by atoms with Crippen LogP contribution in [0.2, 0.25) is 0 Å². The number of aromatic nitrogens is 3. The van der Waals surface area contributed by atoms with E-state index in [1.165, 1.54) is 0 Å². The van der Waals surface area contributed by atoms with Gasteiger partial charge in [0.25, 0.3) is 0 Å². The molecule has 1 N–H and O–H groups in total. The van der Waals surface area contributed by atoms with Crippen LogP contribution in [0.25, 0.3) is 11.5 Å². The molecule has 0 saturated heterocycles. The zero-order valence-electron chi connectivity index (χ0n) is 11.0. The van der Waals surface area contributed by atoms with E-state index in [0.29, 0.717) is 17.8 Å². The fourth-order valence-corrected chi connectivity index (χ4v) is 1.76. The Morgan fingerprint density at radius 3 is 2.94 bits per heavy atom. The summed E-state index contributed by atoms with van der Waals surface area (Å²) >= 11 is 0. The zero-order chi connectivity index (χ0) is 13.0. The second kappa shape index (κ2) is 5.73. The Morgan fingerprint density at radius 1 is 1.44 bits per heavy atom. The number of rotatable bonds is 5. The molecule has 0 fully saturated rings. The Balaban J connectivity index is 2.15. The maximum atomic E-state index is 5.25. The third kappa shape index (κ3) is 2.92. The minimum atomic E-state index is 0.365.